The van der Waals surface area contributed by atoms with Crippen molar-refractivity contribution in [1.29, 1.82) is 0 Å². The molecule has 0 bridgehead atoms. The second kappa shape index (κ2) is 4.91. The molecule has 1 aromatic carbocycles. The topological polar surface area (TPSA) is 29.5 Å². The van der Waals surface area contributed by atoms with Crippen molar-refractivity contribution in [2.45, 2.75) is 0 Å². The van der Waals surface area contributed by atoms with Gasteiger partial charge in [-0.05, 0) is 12.1 Å². The fourth-order valence-electron chi connectivity index (χ4n) is 1.13. The molecule has 0 unspecified atom stereocenters. The molecule has 76 valence electrons. The average molecular weight is 211 g/mol. The van der Waals surface area contributed by atoms with Gasteiger partial charge in [0.2, 0.25) is 0 Å². The van der Waals surface area contributed by atoms with Gasteiger partial charge in [-0.25, -0.2) is 4.79 Å². The molecule has 1 rings (SSSR count). The first kappa shape index (κ1) is 10.9. The minimum Gasteiger partial charge on any atom is -0.465 e. The van der Waals surface area contributed by atoms with E-state index < -0.39 is 0 Å². The van der Waals surface area contributed by atoms with Gasteiger partial charge >= 0.3 is 5.97 Å². The van der Waals surface area contributed by atoms with Crippen LogP contribution in [-0.4, -0.2) is 26.4 Å². The molecule has 0 fully saturated rings. The number of hydrogen-bond acceptors (Lipinski definition) is 4. The van der Waals surface area contributed by atoms with E-state index in [1.165, 1.54) is 7.11 Å². The Kier molecular flexibility index (Phi) is 3.83. The second-order valence-corrected chi connectivity index (χ2v) is 3.60. The lowest BCUT2D eigenvalue weighted by Crippen LogP contribution is -2.12. The van der Waals surface area contributed by atoms with Crippen LogP contribution < -0.4 is 4.31 Å². The van der Waals surface area contributed by atoms with E-state index in [0.29, 0.717) is 5.56 Å². The smallest absolute Gasteiger partial charge is 0.339 e. The molecule has 0 heterocycles. The number of esters is 1. The molecule has 0 saturated heterocycles. The predicted octanol–water partition coefficient (Wildman–Crippen LogP) is 2.19. The van der Waals surface area contributed by atoms with Crippen molar-refractivity contribution in [3.63, 3.8) is 0 Å². The van der Waals surface area contributed by atoms with Crippen molar-refractivity contribution in [3.8, 4) is 0 Å². The molecule has 0 amide bonds. The normalized spacial score (nSPS) is 9.64. The Morgan fingerprint density at radius 1 is 1.43 bits per heavy atom. The van der Waals surface area contributed by atoms with E-state index in [2.05, 4.69) is 0 Å². The first-order chi connectivity index (χ1) is 6.70. The van der Waals surface area contributed by atoms with Crippen LogP contribution in [0.1, 0.15) is 10.4 Å². The maximum absolute atomic E-state index is 11.4. The van der Waals surface area contributed by atoms with Crippen LogP contribution in [0.2, 0.25) is 0 Å². The van der Waals surface area contributed by atoms with Gasteiger partial charge in [0.15, 0.2) is 0 Å². The fourth-order valence-corrected chi connectivity index (χ4v) is 1.49. The average Bonchev–Trinajstić information content (AvgIpc) is 2.27. The van der Waals surface area contributed by atoms with Gasteiger partial charge in [-0.2, -0.15) is 0 Å². The second-order valence-electron chi connectivity index (χ2n) is 2.69. The number of anilines is 1. The summed E-state index contributed by atoms with van der Waals surface area (Å²) >= 11 is 1.55. The first-order valence-electron chi connectivity index (χ1n) is 4.16. The van der Waals surface area contributed by atoms with E-state index in [-0.39, 0.29) is 5.97 Å². The van der Waals surface area contributed by atoms with E-state index >= 15 is 0 Å². The summed E-state index contributed by atoms with van der Waals surface area (Å²) in [6.45, 7) is 0. The number of nitrogens with zero attached hydrogens (tertiary/aromatic N) is 1. The molecule has 0 aliphatic carbocycles. The van der Waals surface area contributed by atoms with Crippen LogP contribution in [0.3, 0.4) is 0 Å². The molecular weight excluding hydrogens is 198 g/mol. The SMILES string of the molecule is COC(=O)c1ccccc1N(C)SC. The largest absolute Gasteiger partial charge is 0.465 e. The third-order valence-electron chi connectivity index (χ3n) is 1.92. The molecule has 14 heavy (non-hydrogen) atoms. The minimum absolute atomic E-state index is 0.304. The van der Waals surface area contributed by atoms with Crippen molar-refractivity contribution in [3.05, 3.63) is 29.8 Å². The van der Waals surface area contributed by atoms with Crippen LogP contribution in [0.15, 0.2) is 24.3 Å². The zero-order valence-corrected chi connectivity index (χ0v) is 9.30. The molecule has 0 aromatic heterocycles. The van der Waals surface area contributed by atoms with Crippen LogP contribution in [-0.2, 0) is 4.74 Å². The third-order valence-corrected chi connectivity index (χ3v) is 2.67. The van der Waals surface area contributed by atoms with Crippen molar-refractivity contribution < 1.29 is 9.53 Å². The van der Waals surface area contributed by atoms with Gasteiger partial charge < -0.3 is 9.04 Å². The summed E-state index contributed by atoms with van der Waals surface area (Å²) in [4.78, 5) is 11.4. The van der Waals surface area contributed by atoms with Crippen molar-refractivity contribution >= 4 is 23.6 Å². The van der Waals surface area contributed by atoms with Gasteiger partial charge in [-0.1, -0.05) is 24.1 Å². The highest BCUT2D eigenvalue weighted by Gasteiger charge is 2.13. The molecule has 0 aliphatic heterocycles. The van der Waals surface area contributed by atoms with Gasteiger partial charge in [-0.15, -0.1) is 0 Å². The molecule has 0 atom stereocenters. The zero-order valence-electron chi connectivity index (χ0n) is 8.48. The number of carbonyl (C=O) groups is 1. The van der Waals surface area contributed by atoms with Gasteiger partial charge in [0.05, 0.1) is 18.4 Å². The number of methoxy groups -OCH3 is 1. The molecular formula is C10H13NO2S. The zero-order chi connectivity index (χ0) is 10.6. The number of rotatable bonds is 3. The van der Waals surface area contributed by atoms with Gasteiger partial charge in [0.1, 0.15) is 0 Å². The summed E-state index contributed by atoms with van der Waals surface area (Å²) in [5.74, 6) is -0.304. The van der Waals surface area contributed by atoms with Gasteiger partial charge in [-0.3, -0.25) is 0 Å². The summed E-state index contributed by atoms with van der Waals surface area (Å²) in [6, 6.07) is 7.37. The lowest BCUT2D eigenvalue weighted by Gasteiger charge is -2.17. The number of hydrogen-bond donors (Lipinski definition) is 0. The Hall–Kier alpha value is -1.16. The summed E-state index contributed by atoms with van der Waals surface area (Å²) in [5.41, 5.74) is 1.46. The predicted molar refractivity (Wildman–Crippen MR) is 59.7 cm³/mol. The van der Waals surface area contributed by atoms with Crippen LogP contribution in [0.5, 0.6) is 0 Å². The van der Waals surface area contributed by atoms with Crippen LogP contribution in [0.25, 0.3) is 0 Å². The number of benzene rings is 1. The highest BCUT2D eigenvalue weighted by molar-refractivity contribution is 7.99. The lowest BCUT2D eigenvalue weighted by molar-refractivity contribution is 0.0601. The molecule has 0 aliphatic rings. The first-order valence-corrected chi connectivity index (χ1v) is 5.34. The van der Waals surface area contributed by atoms with Crippen molar-refractivity contribution in [2.75, 3.05) is 24.7 Å². The summed E-state index contributed by atoms with van der Waals surface area (Å²) < 4.78 is 6.62. The molecule has 1 aromatic rings. The summed E-state index contributed by atoms with van der Waals surface area (Å²) in [7, 11) is 3.30. The Morgan fingerprint density at radius 3 is 2.64 bits per heavy atom. The molecule has 0 spiro atoms. The number of para-hydroxylation sites is 1. The Balaban J connectivity index is 3.09. The molecule has 0 N–H and O–H groups in total. The number of carbonyl (C=O) groups excluding carboxylic acids is 1. The van der Waals surface area contributed by atoms with Gasteiger partial charge in [0.25, 0.3) is 0 Å². The fraction of sp³-hybridized carbons (Fsp3) is 0.300. The summed E-state index contributed by atoms with van der Waals surface area (Å²) in [6.07, 6.45) is 1.95. The molecule has 4 heteroatoms. The highest BCUT2D eigenvalue weighted by atomic mass is 32.2. The van der Waals surface area contributed by atoms with E-state index in [0.717, 1.165) is 5.69 Å². The van der Waals surface area contributed by atoms with E-state index in [9.17, 15) is 4.79 Å². The van der Waals surface area contributed by atoms with Crippen molar-refractivity contribution in [2.24, 2.45) is 0 Å². The quantitative estimate of drug-likeness (QED) is 0.566. The summed E-state index contributed by atoms with van der Waals surface area (Å²) in [5, 5.41) is 0. The Bertz CT molecular complexity index is 328. The maximum atomic E-state index is 11.4. The van der Waals surface area contributed by atoms with Crippen molar-refractivity contribution in [1.82, 2.24) is 0 Å². The van der Waals surface area contributed by atoms with E-state index in [1.807, 2.05) is 35.8 Å². The standard InChI is InChI=1S/C10H13NO2S/c1-11(14-3)9-7-5-4-6-8(9)10(12)13-2/h4-7H,1-3H3. The third kappa shape index (κ3) is 2.20. The molecule has 0 radical (unpaired) electrons. The lowest BCUT2D eigenvalue weighted by atomic mass is 10.2. The highest BCUT2D eigenvalue weighted by Crippen LogP contribution is 2.23. The van der Waals surface area contributed by atoms with Crippen LogP contribution >= 0.6 is 11.9 Å². The van der Waals surface area contributed by atoms with E-state index in [4.69, 9.17) is 4.74 Å². The van der Waals surface area contributed by atoms with E-state index in [1.54, 1.807) is 18.0 Å². The Morgan fingerprint density at radius 2 is 2.07 bits per heavy atom. The molecule has 3 nitrogen and oxygen atoms in total. The minimum atomic E-state index is -0.304. The van der Waals surface area contributed by atoms with Gasteiger partial charge in [0, 0.05) is 13.3 Å². The van der Waals surface area contributed by atoms with Crippen LogP contribution in [0.4, 0.5) is 5.69 Å². The van der Waals surface area contributed by atoms with Crippen LogP contribution in [0, 0.1) is 0 Å². The number of ether oxygens (including phenoxy) is 1. The Labute approximate surface area is 88.2 Å². The monoisotopic (exact) mass is 211 g/mol. The maximum Gasteiger partial charge on any atom is 0.339 e. The molecule has 0 saturated carbocycles.